The van der Waals surface area contributed by atoms with E-state index in [1.807, 2.05) is 69.3 Å². The molecule has 0 aromatic heterocycles. The molecule has 0 N–H and O–H groups in total. The Bertz CT molecular complexity index is 887. The number of Topliss-reactive ketones (excluding diaryl/α,β-unsaturated/α-hetero) is 1. The van der Waals surface area contributed by atoms with Crippen molar-refractivity contribution in [1.82, 2.24) is 4.90 Å². The molecule has 29 heavy (non-hydrogen) atoms. The fourth-order valence-corrected chi connectivity index (χ4v) is 5.00. The van der Waals surface area contributed by atoms with E-state index in [4.69, 9.17) is 4.74 Å². The van der Waals surface area contributed by atoms with Crippen molar-refractivity contribution in [2.24, 2.45) is 5.92 Å². The topological polar surface area (TPSA) is 46.6 Å². The van der Waals surface area contributed by atoms with E-state index >= 15 is 0 Å². The van der Waals surface area contributed by atoms with E-state index in [2.05, 4.69) is 17.0 Å². The molecular formula is C25H29NO3. The molecule has 4 rings (SSSR count). The van der Waals surface area contributed by atoms with E-state index in [0.717, 1.165) is 11.1 Å². The number of ketones is 1. The highest BCUT2D eigenvalue weighted by molar-refractivity contribution is 5.93. The summed E-state index contributed by atoms with van der Waals surface area (Å²) in [7, 11) is 0. The summed E-state index contributed by atoms with van der Waals surface area (Å²) in [5.41, 5.74) is 0.831. The molecule has 2 bridgehead atoms. The van der Waals surface area contributed by atoms with Crippen LogP contribution in [0.4, 0.5) is 0 Å². The maximum Gasteiger partial charge on any atom is 0.311 e. The Morgan fingerprint density at radius 3 is 2.31 bits per heavy atom. The molecule has 2 saturated heterocycles. The molecule has 0 aliphatic carbocycles. The van der Waals surface area contributed by atoms with Gasteiger partial charge in [-0.2, -0.15) is 0 Å². The van der Waals surface area contributed by atoms with Crippen molar-refractivity contribution in [3.05, 3.63) is 71.8 Å². The minimum Gasteiger partial charge on any atom is -0.460 e. The van der Waals surface area contributed by atoms with Gasteiger partial charge in [0.25, 0.3) is 0 Å². The van der Waals surface area contributed by atoms with Gasteiger partial charge in [0.15, 0.2) is 5.78 Å². The first-order valence-electron chi connectivity index (χ1n) is 10.4. The molecule has 2 aromatic carbocycles. The van der Waals surface area contributed by atoms with Crippen LogP contribution < -0.4 is 0 Å². The van der Waals surface area contributed by atoms with Gasteiger partial charge >= 0.3 is 5.97 Å². The second-order valence-corrected chi connectivity index (χ2v) is 9.21. The average molecular weight is 392 g/mol. The minimum atomic E-state index is -0.762. The predicted octanol–water partition coefficient (Wildman–Crippen LogP) is 4.48. The second-order valence-electron chi connectivity index (χ2n) is 9.21. The third-order valence-electron chi connectivity index (χ3n) is 6.16. The Kier molecular flexibility index (Phi) is 5.07. The molecule has 2 aliphatic rings. The van der Waals surface area contributed by atoms with Crippen molar-refractivity contribution in [2.45, 2.75) is 63.8 Å². The minimum absolute atomic E-state index is 0.00274. The highest BCUT2D eigenvalue weighted by Crippen LogP contribution is 2.52. The Morgan fingerprint density at radius 1 is 1.07 bits per heavy atom. The zero-order chi connectivity index (χ0) is 20.6. The third kappa shape index (κ3) is 3.62. The molecule has 4 heteroatoms. The normalized spacial score (nSPS) is 27.1. The van der Waals surface area contributed by atoms with E-state index in [-0.39, 0.29) is 23.7 Å². The SMILES string of the molecule is CC(C)(C)OC(=O)C1C[C@@]2(c3ccccc3)C(=O)CC[C@@H]1N2Cc1ccccc1. The van der Waals surface area contributed by atoms with Gasteiger partial charge in [-0.25, -0.2) is 0 Å². The molecule has 0 saturated carbocycles. The van der Waals surface area contributed by atoms with Crippen LogP contribution in [0.5, 0.6) is 0 Å². The lowest BCUT2D eigenvalue weighted by molar-refractivity contribution is -0.161. The molecule has 2 fully saturated rings. The van der Waals surface area contributed by atoms with Gasteiger partial charge in [-0.15, -0.1) is 0 Å². The Hall–Kier alpha value is -2.46. The third-order valence-corrected chi connectivity index (χ3v) is 6.16. The zero-order valence-corrected chi connectivity index (χ0v) is 17.4. The van der Waals surface area contributed by atoms with E-state index in [1.54, 1.807) is 0 Å². The summed E-state index contributed by atoms with van der Waals surface area (Å²) >= 11 is 0. The van der Waals surface area contributed by atoms with E-state index in [9.17, 15) is 9.59 Å². The van der Waals surface area contributed by atoms with Crippen LogP contribution in [0.1, 0.15) is 51.2 Å². The summed E-state index contributed by atoms with van der Waals surface area (Å²) in [6.07, 6.45) is 1.69. The Labute approximate surface area is 172 Å². The number of hydrogen-bond donors (Lipinski definition) is 0. The maximum atomic E-state index is 13.4. The predicted molar refractivity (Wildman–Crippen MR) is 112 cm³/mol. The van der Waals surface area contributed by atoms with Crippen molar-refractivity contribution in [2.75, 3.05) is 0 Å². The van der Waals surface area contributed by atoms with Gasteiger partial charge < -0.3 is 4.74 Å². The first-order valence-corrected chi connectivity index (χ1v) is 10.4. The lowest BCUT2D eigenvalue weighted by Gasteiger charge is -2.44. The van der Waals surface area contributed by atoms with Crippen LogP contribution in [0.25, 0.3) is 0 Å². The highest BCUT2D eigenvalue weighted by Gasteiger charge is 2.61. The van der Waals surface area contributed by atoms with Gasteiger partial charge in [0.2, 0.25) is 0 Å². The van der Waals surface area contributed by atoms with Gasteiger partial charge in [-0.3, -0.25) is 14.5 Å². The van der Waals surface area contributed by atoms with Crippen molar-refractivity contribution in [3.8, 4) is 0 Å². The van der Waals surface area contributed by atoms with Crippen LogP contribution in [0, 0.1) is 5.92 Å². The van der Waals surface area contributed by atoms with E-state index < -0.39 is 11.1 Å². The number of hydrogen-bond acceptors (Lipinski definition) is 4. The molecule has 152 valence electrons. The summed E-state index contributed by atoms with van der Waals surface area (Å²) in [6.45, 7) is 6.33. The fraction of sp³-hybridized carbons (Fsp3) is 0.440. The van der Waals surface area contributed by atoms with Crippen LogP contribution in [0.15, 0.2) is 60.7 Å². The van der Waals surface area contributed by atoms with Gasteiger partial charge in [0.05, 0.1) is 5.92 Å². The van der Waals surface area contributed by atoms with Crippen LogP contribution in [0.2, 0.25) is 0 Å². The summed E-state index contributed by atoms with van der Waals surface area (Å²) < 4.78 is 5.77. The molecule has 0 amide bonds. The molecule has 4 nitrogen and oxygen atoms in total. The summed E-state index contributed by atoms with van der Waals surface area (Å²) in [4.78, 5) is 28.8. The fourth-order valence-electron chi connectivity index (χ4n) is 5.00. The van der Waals surface area contributed by atoms with Gasteiger partial charge in [-0.05, 0) is 44.7 Å². The second kappa shape index (κ2) is 7.42. The van der Waals surface area contributed by atoms with Crippen molar-refractivity contribution in [3.63, 3.8) is 0 Å². The zero-order valence-electron chi connectivity index (χ0n) is 17.4. The number of carbonyl (C=O) groups excluding carboxylic acids is 2. The quantitative estimate of drug-likeness (QED) is 0.721. The van der Waals surface area contributed by atoms with Gasteiger partial charge in [-0.1, -0.05) is 60.7 Å². The first kappa shape index (κ1) is 19.8. The molecule has 0 spiro atoms. The van der Waals surface area contributed by atoms with Crippen LogP contribution in [-0.4, -0.2) is 28.3 Å². The van der Waals surface area contributed by atoms with E-state index in [1.165, 1.54) is 0 Å². The Morgan fingerprint density at radius 2 is 1.69 bits per heavy atom. The smallest absolute Gasteiger partial charge is 0.311 e. The van der Waals surface area contributed by atoms with E-state index in [0.29, 0.717) is 25.8 Å². The van der Waals surface area contributed by atoms with Gasteiger partial charge in [0.1, 0.15) is 11.1 Å². The molecule has 1 unspecified atom stereocenters. The number of ether oxygens (including phenoxy) is 1. The number of fused-ring (bicyclic) bond motifs is 2. The summed E-state index contributed by atoms with van der Waals surface area (Å²) in [5, 5.41) is 0. The van der Waals surface area contributed by atoms with Crippen LogP contribution in [0.3, 0.4) is 0 Å². The Balaban J connectivity index is 1.77. The number of carbonyl (C=O) groups is 2. The molecule has 2 aromatic rings. The van der Waals surface area contributed by atoms with Crippen molar-refractivity contribution >= 4 is 11.8 Å². The number of esters is 1. The molecule has 2 aliphatic heterocycles. The highest BCUT2D eigenvalue weighted by atomic mass is 16.6. The lowest BCUT2D eigenvalue weighted by atomic mass is 9.79. The van der Waals surface area contributed by atoms with Crippen LogP contribution >= 0.6 is 0 Å². The van der Waals surface area contributed by atoms with Gasteiger partial charge in [0, 0.05) is 19.0 Å². The molecular weight excluding hydrogens is 362 g/mol. The number of benzene rings is 2. The first-order chi connectivity index (χ1) is 13.8. The standard InChI is InChI=1S/C25H29NO3/c1-24(2,3)29-23(28)20-16-25(19-12-8-5-9-13-19)22(27)15-14-21(20)26(25)17-18-10-6-4-7-11-18/h4-13,20-21H,14-17H2,1-3H3/t20?,21-,25+/m0/s1. The average Bonchev–Trinajstić information content (AvgIpc) is 2.92. The number of nitrogens with zero attached hydrogens (tertiary/aromatic N) is 1. The lowest BCUT2D eigenvalue weighted by Crippen LogP contribution is -2.53. The maximum absolute atomic E-state index is 13.4. The molecule has 3 atom stereocenters. The molecule has 0 radical (unpaired) electrons. The molecule has 2 heterocycles. The summed E-state index contributed by atoms with van der Waals surface area (Å²) in [6, 6.07) is 20.2. The van der Waals surface area contributed by atoms with Crippen molar-refractivity contribution < 1.29 is 14.3 Å². The van der Waals surface area contributed by atoms with Crippen molar-refractivity contribution in [1.29, 1.82) is 0 Å². The monoisotopic (exact) mass is 391 g/mol. The number of rotatable bonds is 4. The number of piperidine rings is 1. The largest absolute Gasteiger partial charge is 0.460 e. The summed E-state index contributed by atoms with van der Waals surface area (Å²) in [5.74, 6) is -0.278. The van der Waals surface area contributed by atoms with Crippen LogP contribution in [-0.2, 0) is 26.4 Å².